The largest absolute Gasteiger partial charge is 0.377 e. The fourth-order valence-electron chi connectivity index (χ4n) is 3.78. The third kappa shape index (κ3) is 3.38. The number of anilines is 1. The number of rotatable bonds is 3. The van der Waals surface area contributed by atoms with E-state index < -0.39 is 0 Å². The monoisotopic (exact) mass is 325 g/mol. The Morgan fingerprint density at radius 2 is 1.88 bits per heavy atom. The van der Waals surface area contributed by atoms with Crippen molar-refractivity contribution >= 4 is 5.95 Å². The molecule has 2 fully saturated rings. The highest BCUT2D eigenvalue weighted by Gasteiger charge is 2.39. The molecule has 0 radical (unpaired) electrons. The standard InChI is InChI=1S/C18H23N5O/c1-6-21-17(22-7-1)23-10-4-18(5-11-23)3-2-16(24-14-18)12-15-13-19-8-9-20-15/h1,6-9,13,16H,2-5,10-12,14H2/t16-/m0/s1. The number of ether oxygens (including phenoxy) is 1. The van der Waals surface area contributed by atoms with E-state index in [-0.39, 0.29) is 6.10 Å². The molecule has 2 aromatic heterocycles. The van der Waals surface area contributed by atoms with E-state index in [9.17, 15) is 0 Å². The summed E-state index contributed by atoms with van der Waals surface area (Å²) >= 11 is 0. The Hall–Kier alpha value is -2.08. The van der Waals surface area contributed by atoms with Gasteiger partial charge >= 0.3 is 0 Å². The van der Waals surface area contributed by atoms with Gasteiger partial charge in [-0.05, 0) is 37.2 Å². The molecule has 2 saturated heterocycles. The Morgan fingerprint density at radius 3 is 2.54 bits per heavy atom. The molecule has 4 heterocycles. The average molecular weight is 325 g/mol. The summed E-state index contributed by atoms with van der Waals surface area (Å²) in [6.07, 6.45) is 14.7. The van der Waals surface area contributed by atoms with E-state index in [0.717, 1.165) is 57.0 Å². The molecular formula is C18H23N5O. The van der Waals surface area contributed by atoms with Gasteiger partial charge in [-0.2, -0.15) is 0 Å². The molecule has 4 rings (SSSR count). The van der Waals surface area contributed by atoms with Crippen LogP contribution in [0.25, 0.3) is 0 Å². The highest BCUT2D eigenvalue weighted by molar-refractivity contribution is 5.29. The Balaban J connectivity index is 1.30. The Labute approximate surface area is 142 Å². The number of hydrogen-bond acceptors (Lipinski definition) is 6. The van der Waals surface area contributed by atoms with Crippen molar-refractivity contribution in [2.75, 3.05) is 24.6 Å². The molecule has 24 heavy (non-hydrogen) atoms. The van der Waals surface area contributed by atoms with E-state index in [4.69, 9.17) is 4.74 Å². The van der Waals surface area contributed by atoms with Gasteiger partial charge in [0.2, 0.25) is 5.95 Å². The van der Waals surface area contributed by atoms with Gasteiger partial charge in [0.15, 0.2) is 0 Å². The molecule has 1 spiro atoms. The van der Waals surface area contributed by atoms with Gasteiger partial charge in [-0.1, -0.05) is 0 Å². The van der Waals surface area contributed by atoms with Crippen molar-refractivity contribution in [2.24, 2.45) is 5.41 Å². The van der Waals surface area contributed by atoms with E-state index in [1.54, 1.807) is 12.4 Å². The Bertz CT molecular complexity index is 633. The fraction of sp³-hybridized carbons (Fsp3) is 0.556. The number of hydrogen-bond donors (Lipinski definition) is 0. The number of nitrogens with zero attached hydrogens (tertiary/aromatic N) is 5. The number of piperidine rings is 1. The molecule has 0 saturated carbocycles. The SMILES string of the molecule is c1cnc(N2CCC3(CC[C@@H](Cc4cnccn4)OC3)CC2)nc1. The lowest BCUT2D eigenvalue weighted by Gasteiger charge is -2.45. The van der Waals surface area contributed by atoms with Crippen LogP contribution in [0.15, 0.2) is 37.1 Å². The lowest BCUT2D eigenvalue weighted by Crippen LogP contribution is -2.46. The first kappa shape index (κ1) is 15.4. The van der Waals surface area contributed by atoms with Crippen LogP contribution in [0, 0.1) is 5.41 Å². The molecule has 2 aliphatic heterocycles. The van der Waals surface area contributed by atoms with Crippen LogP contribution < -0.4 is 4.90 Å². The molecule has 0 aromatic carbocycles. The second-order valence-electron chi connectivity index (χ2n) is 6.91. The third-order valence-corrected chi connectivity index (χ3v) is 5.33. The van der Waals surface area contributed by atoms with Crippen molar-refractivity contribution in [3.05, 3.63) is 42.7 Å². The van der Waals surface area contributed by atoms with Crippen LogP contribution in [0.2, 0.25) is 0 Å². The van der Waals surface area contributed by atoms with Gasteiger partial charge in [-0.3, -0.25) is 9.97 Å². The summed E-state index contributed by atoms with van der Waals surface area (Å²) in [5.74, 6) is 0.851. The topological polar surface area (TPSA) is 64.0 Å². The van der Waals surface area contributed by atoms with E-state index >= 15 is 0 Å². The van der Waals surface area contributed by atoms with Crippen molar-refractivity contribution in [1.82, 2.24) is 19.9 Å². The highest BCUT2D eigenvalue weighted by atomic mass is 16.5. The molecule has 2 aromatic rings. The summed E-state index contributed by atoms with van der Waals surface area (Å²) in [5, 5.41) is 0. The summed E-state index contributed by atoms with van der Waals surface area (Å²) in [6, 6.07) is 1.86. The van der Waals surface area contributed by atoms with Gasteiger partial charge in [0.1, 0.15) is 0 Å². The van der Waals surface area contributed by atoms with Gasteiger partial charge in [0.25, 0.3) is 0 Å². The van der Waals surface area contributed by atoms with Crippen molar-refractivity contribution < 1.29 is 4.74 Å². The summed E-state index contributed by atoms with van der Waals surface area (Å²) in [7, 11) is 0. The molecule has 0 N–H and O–H groups in total. The van der Waals surface area contributed by atoms with Gasteiger partial charge in [-0.15, -0.1) is 0 Å². The van der Waals surface area contributed by atoms with Gasteiger partial charge in [0.05, 0.1) is 18.4 Å². The minimum Gasteiger partial charge on any atom is -0.377 e. The van der Waals surface area contributed by atoms with E-state index in [1.807, 2.05) is 24.7 Å². The molecule has 1 atom stereocenters. The Kier molecular flexibility index (Phi) is 4.38. The van der Waals surface area contributed by atoms with E-state index in [1.165, 1.54) is 6.42 Å². The lowest BCUT2D eigenvalue weighted by atomic mass is 9.73. The minimum atomic E-state index is 0.280. The van der Waals surface area contributed by atoms with Crippen LogP contribution in [0.3, 0.4) is 0 Å². The predicted molar refractivity (Wildman–Crippen MR) is 90.6 cm³/mol. The van der Waals surface area contributed by atoms with Crippen LogP contribution in [0.4, 0.5) is 5.95 Å². The van der Waals surface area contributed by atoms with Crippen LogP contribution in [0.5, 0.6) is 0 Å². The molecule has 0 aliphatic carbocycles. The molecule has 0 unspecified atom stereocenters. The van der Waals surface area contributed by atoms with Crippen molar-refractivity contribution in [3.63, 3.8) is 0 Å². The molecule has 0 bridgehead atoms. The average Bonchev–Trinajstić information content (AvgIpc) is 2.66. The van der Waals surface area contributed by atoms with Crippen molar-refractivity contribution in [3.8, 4) is 0 Å². The molecule has 2 aliphatic rings. The van der Waals surface area contributed by atoms with Crippen LogP contribution >= 0.6 is 0 Å². The van der Waals surface area contributed by atoms with Gasteiger partial charge in [-0.25, -0.2) is 9.97 Å². The summed E-state index contributed by atoms with van der Waals surface area (Å²) in [4.78, 5) is 19.5. The maximum Gasteiger partial charge on any atom is 0.225 e. The minimum absolute atomic E-state index is 0.280. The summed E-state index contributed by atoms with van der Waals surface area (Å²) < 4.78 is 6.20. The highest BCUT2D eigenvalue weighted by Crippen LogP contribution is 2.41. The third-order valence-electron chi connectivity index (χ3n) is 5.33. The number of aromatic nitrogens is 4. The molecule has 6 heteroatoms. The second-order valence-corrected chi connectivity index (χ2v) is 6.91. The molecule has 6 nitrogen and oxygen atoms in total. The van der Waals surface area contributed by atoms with Crippen LogP contribution in [-0.4, -0.2) is 45.7 Å². The molecular weight excluding hydrogens is 302 g/mol. The molecule has 0 amide bonds. The van der Waals surface area contributed by atoms with Crippen LogP contribution in [-0.2, 0) is 11.2 Å². The maximum atomic E-state index is 6.20. The normalized spacial score (nSPS) is 23.3. The van der Waals surface area contributed by atoms with Crippen molar-refractivity contribution in [1.29, 1.82) is 0 Å². The lowest BCUT2D eigenvalue weighted by molar-refractivity contribution is -0.0718. The molecule has 126 valence electrons. The zero-order chi connectivity index (χ0) is 16.2. The van der Waals surface area contributed by atoms with E-state index in [2.05, 4.69) is 24.8 Å². The fourth-order valence-corrected chi connectivity index (χ4v) is 3.78. The zero-order valence-electron chi connectivity index (χ0n) is 13.8. The van der Waals surface area contributed by atoms with Gasteiger partial charge in [0, 0.05) is 50.5 Å². The smallest absolute Gasteiger partial charge is 0.225 e. The first-order valence-electron chi connectivity index (χ1n) is 8.72. The van der Waals surface area contributed by atoms with Gasteiger partial charge < -0.3 is 9.64 Å². The summed E-state index contributed by atoms with van der Waals surface area (Å²) in [5.41, 5.74) is 1.36. The summed E-state index contributed by atoms with van der Waals surface area (Å²) in [6.45, 7) is 2.89. The zero-order valence-corrected chi connectivity index (χ0v) is 13.8. The first-order chi connectivity index (χ1) is 11.8. The first-order valence-corrected chi connectivity index (χ1v) is 8.72. The van der Waals surface area contributed by atoms with Crippen molar-refractivity contribution in [2.45, 2.75) is 38.2 Å². The predicted octanol–water partition coefficient (Wildman–Crippen LogP) is 2.27. The van der Waals surface area contributed by atoms with Crippen LogP contribution in [0.1, 0.15) is 31.4 Å². The maximum absolute atomic E-state index is 6.20. The van der Waals surface area contributed by atoms with E-state index in [0.29, 0.717) is 5.41 Å². The Morgan fingerprint density at radius 1 is 1.04 bits per heavy atom. The second kappa shape index (κ2) is 6.81. The quantitative estimate of drug-likeness (QED) is 0.862.